The van der Waals surface area contributed by atoms with Gasteiger partial charge in [-0.3, -0.25) is 0 Å². The van der Waals surface area contributed by atoms with Crippen LogP contribution >= 0.6 is 23.5 Å². The van der Waals surface area contributed by atoms with E-state index in [4.69, 9.17) is 11.5 Å². The summed E-state index contributed by atoms with van der Waals surface area (Å²) < 4.78 is 0. The van der Waals surface area contributed by atoms with Gasteiger partial charge in [-0.1, -0.05) is 0 Å². The van der Waals surface area contributed by atoms with Crippen LogP contribution in [0.3, 0.4) is 0 Å². The SMILES string of the molecule is Nc1cc(NCC2CSCCS2)nc(N)n1. The second-order valence-electron chi connectivity index (χ2n) is 3.48. The molecule has 5 nitrogen and oxygen atoms in total. The van der Waals surface area contributed by atoms with E-state index in [0.29, 0.717) is 16.9 Å². The van der Waals surface area contributed by atoms with Gasteiger partial charge in [0, 0.05) is 35.1 Å². The van der Waals surface area contributed by atoms with E-state index in [1.54, 1.807) is 6.07 Å². The molecule has 1 atom stereocenters. The molecule has 5 N–H and O–H groups in total. The Hall–Kier alpha value is -0.820. The van der Waals surface area contributed by atoms with Gasteiger partial charge >= 0.3 is 0 Å². The summed E-state index contributed by atoms with van der Waals surface area (Å²) in [6.07, 6.45) is 0. The molecule has 2 rings (SSSR count). The average Bonchev–Trinajstić information content (AvgIpc) is 2.27. The Balaban J connectivity index is 1.88. The fourth-order valence-corrected chi connectivity index (χ4v) is 4.06. The normalized spacial score (nSPS) is 20.6. The highest BCUT2D eigenvalue weighted by molar-refractivity contribution is 8.06. The number of nitrogens with one attached hydrogen (secondary N) is 1. The molecule has 88 valence electrons. The topological polar surface area (TPSA) is 89.8 Å². The molecule has 7 heteroatoms. The fraction of sp³-hybridized carbons (Fsp3) is 0.556. The molecular weight excluding hydrogens is 242 g/mol. The molecule has 0 radical (unpaired) electrons. The number of nitrogen functional groups attached to an aromatic ring is 2. The first-order chi connectivity index (χ1) is 7.74. The fourth-order valence-electron chi connectivity index (χ4n) is 1.45. The van der Waals surface area contributed by atoms with Crippen molar-refractivity contribution in [3.8, 4) is 0 Å². The van der Waals surface area contributed by atoms with Crippen molar-refractivity contribution in [2.45, 2.75) is 5.25 Å². The molecule has 1 aromatic rings. The third-order valence-electron chi connectivity index (χ3n) is 2.16. The van der Waals surface area contributed by atoms with Crippen molar-refractivity contribution in [3.63, 3.8) is 0 Å². The van der Waals surface area contributed by atoms with E-state index in [1.165, 1.54) is 17.3 Å². The summed E-state index contributed by atoms with van der Waals surface area (Å²) in [5, 5.41) is 3.89. The van der Waals surface area contributed by atoms with Crippen molar-refractivity contribution in [3.05, 3.63) is 6.07 Å². The number of nitrogens with two attached hydrogens (primary N) is 2. The predicted molar refractivity (Wildman–Crippen MR) is 72.9 cm³/mol. The second kappa shape index (κ2) is 5.49. The molecule has 1 aliphatic rings. The van der Waals surface area contributed by atoms with Gasteiger partial charge in [0.15, 0.2) is 0 Å². The summed E-state index contributed by atoms with van der Waals surface area (Å²) in [6, 6.07) is 1.71. The van der Waals surface area contributed by atoms with Gasteiger partial charge in [0.1, 0.15) is 11.6 Å². The van der Waals surface area contributed by atoms with Crippen LogP contribution in [-0.4, -0.2) is 39.0 Å². The van der Waals surface area contributed by atoms with Gasteiger partial charge in [-0.25, -0.2) is 0 Å². The lowest BCUT2D eigenvalue weighted by atomic mass is 10.4. The Labute approximate surface area is 103 Å². The number of hydrogen-bond donors (Lipinski definition) is 3. The standard InChI is InChI=1S/C9H15N5S2/c10-7-3-8(14-9(11)13-7)12-4-6-5-15-1-2-16-6/h3,6H,1-2,4-5H2,(H5,10,11,12,13,14). The Morgan fingerprint density at radius 3 is 2.94 bits per heavy atom. The van der Waals surface area contributed by atoms with Gasteiger partial charge in [-0.2, -0.15) is 33.5 Å². The van der Waals surface area contributed by atoms with Crippen LogP contribution < -0.4 is 16.8 Å². The van der Waals surface area contributed by atoms with Crippen LogP contribution in [0.25, 0.3) is 0 Å². The van der Waals surface area contributed by atoms with Gasteiger partial charge < -0.3 is 16.8 Å². The van der Waals surface area contributed by atoms with Crippen molar-refractivity contribution in [2.24, 2.45) is 0 Å². The third kappa shape index (κ3) is 3.34. The van der Waals surface area contributed by atoms with Gasteiger partial charge in [-0.05, 0) is 0 Å². The molecule has 1 saturated heterocycles. The molecule has 16 heavy (non-hydrogen) atoms. The number of anilines is 3. The lowest BCUT2D eigenvalue weighted by Gasteiger charge is -2.21. The number of nitrogens with zero attached hydrogens (tertiary/aromatic N) is 2. The molecule has 2 heterocycles. The van der Waals surface area contributed by atoms with Crippen molar-refractivity contribution in [1.82, 2.24) is 9.97 Å². The minimum Gasteiger partial charge on any atom is -0.383 e. The van der Waals surface area contributed by atoms with Gasteiger partial charge in [0.2, 0.25) is 5.95 Å². The number of thioether (sulfide) groups is 2. The predicted octanol–water partition coefficient (Wildman–Crippen LogP) is 0.901. The summed E-state index contributed by atoms with van der Waals surface area (Å²) in [6.45, 7) is 0.896. The quantitative estimate of drug-likeness (QED) is 0.741. The maximum Gasteiger partial charge on any atom is 0.223 e. The van der Waals surface area contributed by atoms with E-state index in [-0.39, 0.29) is 5.95 Å². The zero-order chi connectivity index (χ0) is 11.4. The minimum atomic E-state index is 0.216. The maximum absolute atomic E-state index is 5.59. The summed E-state index contributed by atoms with van der Waals surface area (Å²) in [4.78, 5) is 7.90. The highest BCUT2D eigenvalue weighted by Gasteiger charge is 2.14. The molecule has 0 saturated carbocycles. The van der Waals surface area contributed by atoms with E-state index in [9.17, 15) is 0 Å². The molecule has 1 aliphatic heterocycles. The molecule has 0 amide bonds. The Morgan fingerprint density at radius 1 is 1.38 bits per heavy atom. The molecule has 1 aromatic heterocycles. The summed E-state index contributed by atoms with van der Waals surface area (Å²) >= 11 is 4.00. The van der Waals surface area contributed by atoms with Crippen molar-refractivity contribution < 1.29 is 0 Å². The minimum absolute atomic E-state index is 0.216. The lowest BCUT2D eigenvalue weighted by Crippen LogP contribution is -2.23. The molecule has 0 aliphatic carbocycles. The van der Waals surface area contributed by atoms with Crippen molar-refractivity contribution in [1.29, 1.82) is 0 Å². The molecule has 0 aromatic carbocycles. The molecule has 0 bridgehead atoms. The largest absolute Gasteiger partial charge is 0.383 e. The number of hydrogen-bond acceptors (Lipinski definition) is 7. The molecule has 1 unspecified atom stereocenters. The second-order valence-corrected chi connectivity index (χ2v) is 6.04. The van der Waals surface area contributed by atoms with Gasteiger partial charge in [0.25, 0.3) is 0 Å². The molecular formula is C9H15N5S2. The highest BCUT2D eigenvalue weighted by Crippen LogP contribution is 2.24. The number of rotatable bonds is 3. The first-order valence-electron chi connectivity index (χ1n) is 5.07. The third-order valence-corrected chi connectivity index (χ3v) is 5.00. The van der Waals surface area contributed by atoms with Crippen LogP contribution in [0.4, 0.5) is 17.6 Å². The van der Waals surface area contributed by atoms with Crippen LogP contribution in [0.15, 0.2) is 6.07 Å². The van der Waals surface area contributed by atoms with Crippen LogP contribution in [0, 0.1) is 0 Å². The lowest BCUT2D eigenvalue weighted by molar-refractivity contribution is 0.990. The molecule has 1 fully saturated rings. The van der Waals surface area contributed by atoms with E-state index in [0.717, 1.165) is 6.54 Å². The Bertz CT molecular complexity index is 334. The smallest absolute Gasteiger partial charge is 0.223 e. The first kappa shape index (κ1) is 11.7. The van der Waals surface area contributed by atoms with Crippen LogP contribution in [0.1, 0.15) is 0 Å². The summed E-state index contributed by atoms with van der Waals surface area (Å²) in [5.74, 6) is 5.00. The van der Waals surface area contributed by atoms with Crippen molar-refractivity contribution in [2.75, 3.05) is 40.6 Å². The number of aromatic nitrogens is 2. The van der Waals surface area contributed by atoms with E-state index in [2.05, 4.69) is 15.3 Å². The summed E-state index contributed by atoms with van der Waals surface area (Å²) in [5.41, 5.74) is 11.1. The van der Waals surface area contributed by atoms with Crippen LogP contribution in [0.5, 0.6) is 0 Å². The van der Waals surface area contributed by atoms with E-state index < -0.39 is 0 Å². The van der Waals surface area contributed by atoms with Crippen LogP contribution in [0.2, 0.25) is 0 Å². The zero-order valence-electron chi connectivity index (χ0n) is 8.85. The first-order valence-corrected chi connectivity index (χ1v) is 7.27. The van der Waals surface area contributed by atoms with Crippen LogP contribution in [-0.2, 0) is 0 Å². The van der Waals surface area contributed by atoms with E-state index in [1.807, 2.05) is 23.5 Å². The summed E-state index contributed by atoms with van der Waals surface area (Å²) in [7, 11) is 0. The highest BCUT2D eigenvalue weighted by atomic mass is 32.2. The Morgan fingerprint density at radius 2 is 2.25 bits per heavy atom. The average molecular weight is 257 g/mol. The maximum atomic E-state index is 5.59. The molecule has 0 spiro atoms. The zero-order valence-corrected chi connectivity index (χ0v) is 10.5. The van der Waals surface area contributed by atoms with E-state index >= 15 is 0 Å². The van der Waals surface area contributed by atoms with Crippen molar-refractivity contribution >= 4 is 41.1 Å². The van der Waals surface area contributed by atoms with Gasteiger partial charge in [0.05, 0.1) is 0 Å². The van der Waals surface area contributed by atoms with Gasteiger partial charge in [-0.15, -0.1) is 0 Å². The monoisotopic (exact) mass is 257 g/mol. The Kier molecular flexibility index (Phi) is 4.00.